The Hall–Kier alpha value is -0.710. The standard InChI is InChI=1S/C15H24N2OS.ClH/c1-4-15(5-2,11-16)14(18)17-12-8-7-9-13(10-12)19-6-3;/h7-10H,4-6,11,16H2,1-3H3,(H,17,18);1H. The maximum atomic E-state index is 12.4. The molecule has 0 unspecified atom stereocenters. The molecule has 0 radical (unpaired) electrons. The molecule has 0 atom stereocenters. The summed E-state index contributed by atoms with van der Waals surface area (Å²) >= 11 is 1.77. The molecule has 3 nitrogen and oxygen atoms in total. The quantitative estimate of drug-likeness (QED) is 0.749. The van der Waals surface area contributed by atoms with E-state index in [1.54, 1.807) is 11.8 Å². The Morgan fingerprint density at radius 1 is 1.30 bits per heavy atom. The molecule has 0 aliphatic rings. The molecule has 0 spiro atoms. The summed E-state index contributed by atoms with van der Waals surface area (Å²) < 4.78 is 0. The lowest BCUT2D eigenvalue weighted by molar-refractivity contribution is -0.125. The first-order chi connectivity index (χ1) is 9.11. The van der Waals surface area contributed by atoms with Crippen molar-refractivity contribution >= 4 is 35.8 Å². The summed E-state index contributed by atoms with van der Waals surface area (Å²) in [6.07, 6.45) is 1.52. The van der Waals surface area contributed by atoms with Crippen LogP contribution in [0.15, 0.2) is 29.2 Å². The van der Waals surface area contributed by atoms with E-state index in [9.17, 15) is 4.79 Å². The van der Waals surface area contributed by atoms with E-state index in [0.717, 1.165) is 24.3 Å². The Bertz CT molecular complexity index is 414. The predicted molar refractivity (Wildman–Crippen MR) is 90.8 cm³/mol. The van der Waals surface area contributed by atoms with Gasteiger partial charge in [-0.05, 0) is 36.8 Å². The summed E-state index contributed by atoms with van der Waals surface area (Å²) in [4.78, 5) is 13.6. The maximum Gasteiger partial charge on any atom is 0.231 e. The van der Waals surface area contributed by atoms with Crippen LogP contribution in [0.1, 0.15) is 33.6 Å². The van der Waals surface area contributed by atoms with Gasteiger partial charge in [-0.15, -0.1) is 24.2 Å². The molecule has 5 heteroatoms. The number of nitrogens with one attached hydrogen (secondary N) is 1. The summed E-state index contributed by atoms with van der Waals surface area (Å²) in [5.74, 6) is 1.05. The molecule has 0 heterocycles. The highest BCUT2D eigenvalue weighted by molar-refractivity contribution is 7.99. The summed E-state index contributed by atoms with van der Waals surface area (Å²) in [6.45, 7) is 6.53. The van der Waals surface area contributed by atoms with E-state index >= 15 is 0 Å². The number of carbonyl (C=O) groups is 1. The fraction of sp³-hybridized carbons (Fsp3) is 0.533. The van der Waals surface area contributed by atoms with Gasteiger partial charge in [0.15, 0.2) is 0 Å². The lowest BCUT2D eigenvalue weighted by Gasteiger charge is -2.28. The van der Waals surface area contributed by atoms with Crippen LogP contribution in [0.5, 0.6) is 0 Å². The maximum absolute atomic E-state index is 12.4. The minimum atomic E-state index is -0.450. The number of nitrogens with two attached hydrogens (primary N) is 1. The average Bonchev–Trinajstić information content (AvgIpc) is 2.42. The zero-order valence-electron chi connectivity index (χ0n) is 12.4. The molecule has 0 aliphatic heterocycles. The Morgan fingerprint density at radius 2 is 1.95 bits per heavy atom. The zero-order chi connectivity index (χ0) is 14.3. The van der Waals surface area contributed by atoms with Gasteiger partial charge in [0.05, 0.1) is 5.41 Å². The highest BCUT2D eigenvalue weighted by atomic mass is 35.5. The van der Waals surface area contributed by atoms with Gasteiger partial charge in [0.1, 0.15) is 0 Å². The van der Waals surface area contributed by atoms with E-state index in [2.05, 4.69) is 18.3 Å². The molecule has 1 aromatic carbocycles. The number of benzene rings is 1. The van der Waals surface area contributed by atoms with Crippen LogP contribution in [0.3, 0.4) is 0 Å². The monoisotopic (exact) mass is 316 g/mol. The van der Waals surface area contributed by atoms with E-state index in [1.165, 1.54) is 4.90 Å². The first-order valence-corrected chi connectivity index (χ1v) is 7.84. The van der Waals surface area contributed by atoms with Gasteiger partial charge < -0.3 is 11.1 Å². The molecule has 114 valence electrons. The third kappa shape index (κ3) is 4.69. The van der Waals surface area contributed by atoms with Crippen LogP contribution in [-0.4, -0.2) is 18.2 Å². The molecule has 1 amide bonds. The smallest absolute Gasteiger partial charge is 0.231 e. The van der Waals surface area contributed by atoms with Crippen LogP contribution in [-0.2, 0) is 4.79 Å². The first kappa shape index (κ1) is 19.3. The third-order valence-corrected chi connectivity index (χ3v) is 4.50. The molecule has 0 saturated carbocycles. The van der Waals surface area contributed by atoms with Crippen LogP contribution in [0.2, 0.25) is 0 Å². The van der Waals surface area contributed by atoms with E-state index < -0.39 is 5.41 Å². The van der Waals surface area contributed by atoms with Crippen molar-refractivity contribution in [3.8, 4) is 0 Å². The van der Waals surface area contributed by atoms with Crippen molar-refractivity contribution in [1.82, 2.24) is 0 Å². The van der Waals surface area contributed by atoms with Crippen molar-refractivity contribution < 1.29 is 4.79 Å². The molecular formula is C15H25ClN2OS. The predicted octanol–water partition coefficient (Wildman–Crippen LogP) is 3.92. The number of anilines is 1. The lowest BCUT2D eigenvalue weighted by atomic mass is 9.81. The van der Waals surface area contributed by atoms with Crippen molar-refractivity contribution in [3.63, 3.8) is 0 Å². The highest BCUT2D eigenvalue weighted by Gasteiger charge is 2.33. The summed E-state index contributed by atoms with van der Waals surface area (Å²) in [5.41, 5.74) is 6.20. The van der Waals surface area contributed by atoms with Gasteiger partial charge in [0.2, 0.25) is 5.91 Å². The molecular weight excluding hydrogens is 292 g/mol. The lowest BCUT2D eigenvalue weighted by Crippen LogP contribution is -2.41. The Morgan fingerprint density at radius 3 is 2.45 bits per heavy atom. The van der Waals surface area contributed by atoms with Gasteiger partial charge in [0, 0.05) is 17.1 Å². The van der Waals surface area contributed by atoms with Crippen molar-refractivity contribution in [2.45, 2.75) is 38.5 Å². The zero-order valence-corrected chi connectivity index (χ0v) is 14.1. The molecule has 0 fully saturated rings. The average molecular weight is 317 g/mol. The minimum Gasteiger partial charge on any atom is -0.329 e. The van der Waals surface area contributed by atoms with Crippen LogP contribution >= 0.6 is 24.2 Å². The van der Waals surface area contributed by atoms with Crippen molar-refractivity contribution in [2.24, 2.45) is 11.1 Å². The normalized spacial score (nSPS) is 10.8. The van der Waals surface area contributed by atoms with Gasteiger partial charge in [-0.1, -0.05) is 26.8 Å². The number of halogens is 1. The van der Waals surface area contributed by atoms with E-state index in [0.29, 0.717) is 6.54 Å². The molecule has 1 rings (SSSR count). The largest absolute Gasteiger partial charge is 0.329 e. The fourth-order valence-electron chi connectivity index (χ4n) is 2.05. The summed E-state index contributed by atoms with van der Waals surface area (Å²) in [5, 5.41) is 3.00. The van der Waals surface area contributed by atoms with Gasteiger partial charge >= 0.3 is 0 Å². The van der Waals surface area contributed by atoms with Crippen LogP contribution < -0.4 is 11.1 Å². The second-order valence-corrected chi connectivity index (χ2v) is 5.94. The molecule has 20 heavy (non-hydrogen) atoms. The number of rotatable bonds is 7. The molecule has 1 aromatic rings. The second-order valence-electron chi connectivity index (χ2n) is 4.61. The Labute approximate surface area is 132 Å². The highest BCUT2D eigenvalue weighted by Crippen LogP contribution is 2.28. The SMILES string of the molecule is CCSc1cccc(NC(=O)C(CC)(CC)CN)c1.Cl. The van der Waals surface area contributed by atoms with Gasteiger partial charge in [0.25, 0.3) is 0 Å². The number of thioether (sulfide) groups is 1. The van der Waals surface area contributed by atoms with E-state index in [-0.39, 0.29) is 18.3 Å². The number of hydrogen-bond acceptors (Lipinski definition) is 3. The molecule has 3 N–H and O–H groups in total. The number of carbonyl (C=O) groups excluding carboxylic acids is 1. The number of amides is 1. The van der Waals surface area contributed by atoms with Gasteiger partial charge in [-0.25, -0.2) is 0 Å². The molecule has 0 bridgehead atoms. The summed E-state index contributed by atoms with van der Waals surface area (Å²) in [7, 11) is 0. The Balaban J connectivity index is 0.00000361. The van der Waals surface area contributed by atoms with Crippen LogP contribution in [0.4, 0.5) is 5.69 Å². The molecule has 0 saturated heterocycles. The fourth-order valence-corrected chi connectivity index (χ4v) is 2.76. The van der Waals surface area contributed by atoms with Gasteiger partial charge in [-0.3, -0.25) is 4.79 Å². The van der Waals surface area contributed by atoms with Crippen LogP contribution in [0.25, 0.3) is 0 Å². The first-order valence-electron chi connectivity index (χ1n) is 6.86. The van der Waals surface area contributed by atoms with Crippen molar-refractivity contribution in [3.05, 3.63) is 24.3 Å². The van der Waals surface area contributed by atoms with E-state index in [4.69, 9.17) is 5.73 Å². The second kappa shape index (κ2) is 9.27. The van der Waals surface area contributed by atoms with Crippen molar-refractivity contribution in [1.29, 1.82) is 0 Å². The topological polar surface area (TPSA) is 55.1 Å². The third-order valence-electron chi connectivity index (χ3n) is 3.63. The summed E-state index contributed by atoms with van der Waals surface area (Å²) in [6, 6.07) is 7.96. The molecule has 0 aromatic heterocycles. The van der Waals surface area contributed by atoms with Crippen LogP contribution in [0, 0.1) is 5.41 Å². The Kier molecular flexibility index (Phi) is 8.94. The number of hydrogen-bond donors (Lipinski definition) is 2. The van der Waals surface area contributed by atoms with E-state index in [1.807, 2.05) is 32.0 Å². The minimum absolute atomic E-state index is 0. The molecule has 0 aliphatic carbocycles. The van der Waals surface area contributed by atoms with Crippen molar-refractivity contribution in [2.75, 3.05) is 17.6 Å². The van der Waals surface area contributed by atoms with Gasteiger partial charge in [-0.2, -0.15) is 0 Å².